The molecule has 0 atom stereocenters. The molecule has 0 aliphatic heterocycles. The van der Waals surface area contributed by atoms with Crippen molar-refractivity contribution in [3.63, 3.8) is 0 Å². The Hall–Kier alpha value is -5.44. The number of ether oxygens (including phenoxy) is 1. The molecule has 0 spiro atoms. The number of hydrogen-bond donors (Lipinski definition) is 3. The van der Waals surface area contributed by atoms with Crippen LogP contribution in [0.1, 0.15) is 15.9 Å². The minimum atomic E-state index is -0.185. The predicted molar refractivity (Wildman–Crippen MR) is 153 cm³/mol. The van der Waals surface area contributed by atoms with Gasteiger partial charge in [-0.05, 0) is 72.1 Å². The summed E-state index contributed by atoms with van der Waals surface area (Å²) in [6.45, 7) is 0.474. The first-order valence-electron chi connectivity index (χ1n) is 12.8. The molecule has 1 amide bonds. The molecule has 0 fully saturated rings. The summed E-state index contributed by atoms with van der Waals surface area (Å²) in [4.78, 5) is 25.0. The zero-order valence-corrected chi connectivity index (χ0v) is 21.7. The summed E-state index contributed by atoms with van der Waals surface area (Å²) < 4.78 is 7.21. The molecule has 6 rings (SSSR count). The van der Waals surface area contributed by atoms with Gasteiger partial charge in [0.2, 0.25) is 5.88 Å². The van der Waals surface area contributed by atoms with Crippen LogP contribution < -0.4 is 10.1 Å². The van der Waals surface area contributed by atoms with Gasteiger partial charge in [-0.15, -0.1) is 0 Å². The molecule has 3 aromatic carbocycles. The number of methoxy groups -OCH3 is 1. The van der Waals surface area contributed by atoms with E-state index in [0.717, 1.165) is 27.9 Å². The number of benzene rings is 3. The van der Waals surface area contributed by atoms with Crippen LogP contribution in [0, 0.1) is 0 Å². The van der Waals surface area contributed by atoms with Crippen LogP contribution in [0.3, 0.4) is 0 Å². The Morgan fingerprint density at radius 1 is 1.02 bits per heavy atom. The van der Waals surface area contributed by atoms with E-state index in [1.165, 1.54) is 0 Å². The lowest BCUT2D eigenvalue weighted by Gasteiger charge is -2.09. The number of carbonyl (C=O) groups excluding carboxylic acids is 1. The molecule has 0 aliphatic rings. The molecule has 6 aromatic rings. The monoisotopic (exact) mass is 530 g/mol. The van der Waals surface area contributed by atoms with Crippen molar-refractivity contribution in [2.45, 2.75) is 6.42 Å². The van der Waals surface area contributed by atoms with Crippen LogP contribution in [0.25, 0.3) is 39.2 Å². The largest absolute Gasteiger partial charge is 0.507 e. The molecule has 9 nitrogen and oxygen atoms in total. The molecule has 40 heavy (non-hydrogen) atoms. The minimum Gasteiger partial charge on any atom is -0.507 e. The second-order valence-electron chi connectivity index (χ2n) is 9.24. The highest BCUT2D eigenvalue weighted by molar-refractivity contribution is 5.97. The minimum absolute atomic E-state index is 0.0826. The summed E-state index contributed by atoms with van der Waals surface area (Å²) in [6, 6.07) is 24.2. The molecule has 3 aromatic heterocycles. The summed E-state index contributed by atoms with van der Waals surface area (Å²) in [5.74, 6) is 0.879. The van der Waals surface area contributed by atoms with E-state index in [1.807, 2.05) is 71.7 Å². The van der Waals surface area contributed by atoms with E-state index in [1.54, 1.807) is 37.6 Å². The van der Waals surface area contributed by atoms with Gasteiger partial charge in [0.1, 0.15) is 11.6 Å². The number of phenols is 1. The van der Waals surface area contributed by atoms with Crippen LogP contribution in [0.2, 0.25) is 0 Å². The Morgan fingerprint density at radius 2 is 1.90 bits per heavy atom. The summed E-state index contributed by atoms with van der Waals surface area (Å²) in [5, 5.41) is 18.0. The van der Waals surface area contributed by atoms with Crippen molar-refractivity contribution >= 4 is 16.9 Å². The molecule has 3 N–H and O–H groups in total. The number of para-hydroxylation sites is 1. The predicted octanol–water partition coefficient (Wildman–Crippen LogP) is 5.16. The first-order valence-corrected chi connectivity index (χ1v) is 12.8. The number of phenolic OH excluding ortho intramolecular Hbond substituents is 1. The Morgan fingerprint density at radius 3 is 2.75 bits per heavy atom. The smallest absolute Gasteiger partial charge is 0.251 e. The number of carbonyl (C=O) groups is 1. The van der Waals surface area contributed by atoms with Crippen molar-refractivity contribution < 1.29 is 14.6 Å². The maximum absolute atomic E-state index is 12.9. The van der Waals surface area contributed by atoms with Crippen molar-refractivity contribution in [2.24, 2.45) is 0 Å². The molecular formula is C31H26N6O3. The topological polar surface area (TPSA) is 118 Å². The van der Waals surface area contributed by atoms with Crippen LogP contribution in [-0.2, 0) is 6.42 Å². The molecule has 0 unspecified atom stereocenters. The van der Waals surface area contributed by atoms with Crippen molar-refractivity contribution in [3.05, 3.63) is 109 Å². The average Bonchev–Trinajstić information content (AvgIpc) is 3.65. The lowest BCUT2D eigenvalue weighted by molar-refractivity contribution is 0.0954. The number of aromatic hydroxyl groups is 1. The fourth-order valence-electron chi connectivity index (χ4n) is 4.57. The van der Waals surface area contributed by atoms with E-state index in [0.29, 0.717) is 41.3 Å². The van der Waals surface area contributed by atoms with Gasteiger partial charge in [-0.25, -0.2) is 14.6 Å². The number of H-pyrrole nitrogens is 1. The van der Waals surface area contributed by atoms with E-state index < -0.39 is 0 Å². The first kappa shape index (κ1) is 24.9. The van der Waals surface area contributed by atoms with Gasteiger partial charge in [-0.3, -0.25) is 4.79 Å². The molecule has 0 saturated carbocycles. The lowest BCUT2D eigenvalue weighted by atomic mass is 10.0. The van der Waals surface area contributed by atoms with E-state index in [4.69, 9.17) is 4.74 Å². The van der Waals surface area contributed by atoms with E-state index in [2.05, 4.69) is 25.4 Å². The van der Waals surface area contributed by atoms with Crippen molar-refractivity contribution in [1.82, 2.24) is 30.0 Å². The second kappa shape index (κ2) is 10.7. The maximum Gasteiger partial charge on any atom is 0.251 e. The van der Waals surface area contributed by atoms with Gasteiger partial charge >= 0.3 is 0 Å². The lowest BCUT2D eigenvalue weighted by Crippen LogP contribution is -2.25. The number of imidazole rings is 1. The number of hydrogen-bond acceptors (Lipinski definition) is 6. The number of aromatic nitrogens is 5. The van der Waals surface area contributed by atoms with Crippen LogP contribution in [0.5, 0.6) is 11.6 Å². The summed E-state index contributed by atoms with van der Waals surface area (Å²) in [7, 11) is 1.57. The van der Waals surface area contributed by atoms with E-state index in [-0.39, 0.29) is 11.7 Å². The summed E-state index contributed by atoms with van der Waals surface area (Å²) in [6.07, 6.45) is 6.10. The molecular weight excluding hydrogens is 504 g/mol. The van der Waals surface area contributed by atoms with Gasteiger partial charge in [0, 0.05) is 30.1 Å². The Labute approximate surface area is 230 Å². The molecule has 0 radical (unpaired) electrons. The van der Waals surface area contributed by atoms with E-state index in [9.17, 15) is 9.90 Å². The normalized spacial score (nSPS) is 11.0. The number of fused-ring (bicyclic) bond motifs is 1. The van der Waals surface area contributed by atoms with E-state index >= 15 is 0 Å². The third kappa shape index (κ3) is 5.00. The molecule has 9 heteroatoms. The average molecular weight is 531 g/mol. The van der Waals surface area contributed by atoms with Gasteiger partial charge in [0.15, 0.2) is 0 Å². The highest BCUT2D eigenvalue weighted by Gasteiger charge is 2.15. The van der Waals surface area contributed by atoms with Gasteiger partial charge in [-0.1, -0.05) is 24.3 Å². The number of rotatable bonds is 8. The summed E-state index contributed by atoms with van der Waals surface area (Å²) >= 11 is 0. The van der Waals surface area contributed by atoms with Gasteiger partial charge in [-0.2, -0.15) is 5.10 Å². The third-order valence-corrected chi connectivity index (χ3v) is 6.63. The van der Waals surface area contributed by atoms with Crippen molar-refractivity contribution in [3.8, 4) is 39.8 Å². The van der Waals surface area contributed by atoms with Crippen LogP contribution in [0.4, 0.5) is 0 Å². The zero-order chi connectivity index (χ0) is 27.5. The Bertz CT molecular complexity index is 1810. The second-order valence-corrected chi connectivity index (χ2v) is 9.24. The van der Waals surface area contributed by atoms with Gasteiger partial charge in [0.25, 0.3) is 5.91 Å². The van der Waals surface area contributed by atoms with Crippen LogP contribution in [-0.4, -0.2) is 49.4 Å². The quantitative estimate of drug-likeness (QED) is 0.250. The molecule has 198 valence electrons. The zero-order valence-electron chi connectivity index (χ0n) is 21.7. The Balaban J connectivity index is 1.17. The highest BCUT2D eigenvalue weighted by Crippen LogP contribution is 2.35. The fraction of sp³-hybridized carbons (Fsp3) is 0.0968. The van der Waals surface area contributed by atoms with Gasteiger partial charge in [0.05, 0.1) is 35.6 Å². The fourth-order valence-corrected chi connectivity index (χ4v) is 4.57. The SMILES string of the molecule is COc1ncccc1-c1ccc(O)c(-c2nc3cc(C(=O)NCCc4cnn(-c5ccccc5)c4)ccc3[nH]2)c1. The maximum atomic E-state index is 12.9. The standard InChI is InChI=1S/C31H26N6O3/c1-40-31-24(8-5-14-33-31)21-10-12-28(38)25(16-21)29-35-26-11-9-22(17-27(26)36-29)30(39)32-15-13-20-18-34-37(19-20)23-6-3-2-4-7-23/h2-12,14,16-19,38H,13,15H2,1H3,(H,32,39)(H,35,36). The highest BCUT2D eigenvalue weighted by atomic mass is 16.5. The van der Waals surface area contributed by atoms with Crippen LogP contribution >= 0.6 is 0 Å². The number of pyridine rings is 1. The number of nitrogens with zero attached hydrogens (tertiary/aromatic N) is 4. The van der Waals surface area contributed by atoms with Gasteiger partial charge < -0.3 is 20.1 Å². The number of aromatic amines is 1. The molecule has 3 heterocycles. The van der Waals surface area contributed by atoms with Crippen molar-refractivity contribution in [1.29, 1.82) is 0 Å². The Kier molecular flexibility index (Phi) is 6.68. The number of amides is 1. The first-order chi connectivity index (χ1) is 19.6. The number of nitrogens with one attached hydrogen (secondary N) is 2. The molecule has 0 bridgehead atoms. The third-order valence-electron chi connectivity index (χ3n) is 6.63. The van der Waals surface area contributed by atoms with Crippen molar-refractivity contribution in [2.75, 3.05) is 13.7 Å². The molecule has 0 saturated heterocycles. The summed E-state index contributed by atoms with van der Waals surface area (Å²) in [5.41, 5.74) is 6.05. The molecule has 0 aliphatic carbocycles. The van der Waals surface area contributed by atoms with Crippen LogP contribution in [0.15, 0.2) is 97.5 Å².